The van der Waals surface area contributed by atoms with Gasteiger partial charge < -0.3 is 10.6 Å². The molecule has 9 heteroatoms. The summed E-state index contributed by atoms with van der Waals surface area (Å²) in [5, 5.41) is 7.47. The third kappa shape index (κ3) is 5.78. The van der Waals surface area contributed by atoms with E-state index in [2.05, 4.69) is 15.6 Å². The molecule has 0 aliphatic carbocycles. The molecule has 0 amide bonds. The molecule has 2 heterocycles. The number of hydrogen-bond donors (Lipinski definition) is 2. The van der Waals surface area contributed by atoms with Crippen molar-refractivity contribution in [3.05, 3.63) is 89.5 Å². The largest absolute Gasteiger partial charge is 0.416 e. The Kier molecular flexibility index (Phi) is 7.05. The minimum Gasteiger partial charge on any atom is -0.355 e. The summed E-state index contributed by atoms with van der Waals surface area (Å²) >= 11 is 0. The van der Waals surface area contributed by atoms with Gasteiger partial charge in [-0.2, -0.15) is 26.3 Å². The summed E-state index contributed by atoms with van der Waals surface area (Å²) in [6.07, 6.45) is -6.89. The van der Waals surface area contributed by atoms with Crippen molar-refractivity contribution in [1.29, 1.82) is 0 Å². The van der Waals surface area contributed by atoms with Gasteiger partial charge >= 0.3 is 12.4 Å². The first-order chi connectivity index (χ1) is 18.1. The molecule has 2 N–H and O–H groups in total. The van der Waals surface area contributed by atoms with E-state index in [9.17, 15) is 26.3 Å². The van der Waals surface area contributed by atoms with Gasteiger partial charge in [-0.1, -0.05) is 36.4 Å². The highest BCUT2D eigenvalue weighted by Gasteiger charge is 2.37. The Balaban J connectivity index is 1.59. The molecule has 0 saturated carbocycles. The molecule has 1 saturated heterocycles. The number of pyridine rings is 1. The summed E-state index contributed by atoms with van der Waals surface area (Å²) in [6.45, 7) is 1.94. The van der Waals surface area contributed by atoms with Crippen LogP contribution in [0.3, 0.4) is 0 Å². The second kappa shape index (κ2) is 10.3. The Morgan fingerprint density at radius 2 is 1.39 bits per heavy atom. The average Bonchev–Trinajstić information content (AvgIpc) is 2.89. The summed E-state index contributed by atoms with van der Waals surface area (Å²) in [6, 6.07) is 17.9. The molecule has 0 spiro atoms. The molecule has 1 fully saturated rings. The number of para-hydroxylation sites is 2. The molecule has 1 aliphatic heterocycles. The normalized spacial score (nSPS) is 15.1. The predicted molar refractivity (Wildman–Crippen MR) is 136 cm³/mol. The number of alkyl halides is 6. The monoisotopic (exact) mass is 529 g/mol. The number of rotatable bonds is 5. The second-order valence-electron chi connectivity index (χ2n) is 9.55. The fourth-order valence-corrected chi connectivity index (χ4v) is 4.89. The van der Waals surface area contributed by atoms with Crippen molar-refractivity contribution in [2.24, 2.45) is 5.92 Å². The Bertz CT molecular complexity index is 1410. The van der Waals surface area contributed by atoms with E-state index in [1.165, 1.54) is 6.07 Å². The van der Waals surface area contributed by atoms with Crippen LogP contribution in [0, 0.1) is 5.92 Å². The van der Waals surface area contributed by atoms with Gasteiger partial charge in [-0.05, 0) is 80.2 Å². The Morgan fingerprint density at radius 1 is 0.763 bits per heavy atom. The highest BCUT2D eigenvalue weighted by molar-refractivity contribution is 5.95. The number of hydrogen-bond acceptors (Lipinski definition) is 3. The SMILES string of the molecule is FC(F)(F)c1cc(-c2cc(Nc3ccccc3CC3CCNCC3)c3ccccc3n2)cc(C(F)(F)F)c1. The van der Waals surface area contributed by atoms with Crippen LogP contribution in [0.5, 0.6) is 0 Å². The number of benzene rings is 3. The zero-order valence-electron chi connectivity index (χ0n) is 20.3. The average molecular weight is 530 g/mol. The minimum atomic E-state index is -4.94. The number of nitrogens with one attached hydrogen (secondary N) is 2. The molecule has 198 valence electrons. The van der Waals surface area contributed by atoms with Crippen LogP contribution < -0.4 is 10.6 Å². The molecular weight excluding hydrogens is 504 g/mol. The maximum Gasteiger partial charge on any atom is 0.416 e. The van der Waals surface area contributed by atoms with E-state index in [4.69, 9.17) is 0 Å². The molecule has 4 aromatic rings. The first-order valence-corrected chi connectivity index (χ1v) is 12.3. The van der Waals surface area contributed by atoms with Crippen LogP contribution >= 0.6 is 0 Å². The third-order valence-electron chi connectivity index (χ3n) is 6.85. The van der Waals surface area contributed by atoms with Crippen LogP contribution in [-0.4, -0.2) is 18.1 Å². The van der Waals surface area contributed by atoms with Gasteiger partial charge in [0.1, 0.15) is 0 Å². The van der Waals surface area contributed by atoms with Gasteiger partial charge in [0.15, 0.2) is 0 Å². The Hall–Kier alpha value is -3.59. The number of piperidine rings is 1. The topological polar surface area (TPSA) is 37.0 Å². The summed E-state index contributed by atoms with van der Waals surface area (Å²) in [4.78, 5) is 4.43. The molecule has 0 radical (unpaired) electrons. The predicted octanol–water partition coefficient (Wildman–Crippen LogP) is 8.23. The lowest BCUT2D eigenvalue weighted by molar-refractivity contribution is -0.143. The van der Waals surface area contributed by atoms with Crippen molar-refractivity contribution in [2.75, 3.05) is 18.4 Å². The maximum atomic E-state index is 13.5. The lowest BCUT2D eigenvalue weighted by Gasteiger charge is -2.24. The molecule has 5 rings (SSSR count). The van der Waals surface area contributed by atoms with Gasteiger partial charge in [0.05, 0.1) is 28.0 Å². The van der Waals surface area contributed by atoms with Crippen molar-refractivity contribution in [1.82, 2.24) is 10.3 Å². The molecular formula is C29H25F6N3. The van der Waals surface area contributed by atoms with E-state index in [1.807, 2.05) is 36.4 Å². The van der Waals surface area contributed by atoms with Crippen molar-refractivity contribution < 1.29 is 26.3 Å². The van der Waals surface area contributed by atoms with E-state index < -0.39 is 23.5 Å². The molecule has 0 unspecified atom stereocenters. The standard InChI is InChI=1S/C29H25F6N3/c30-28(31,32)21-14-20(15-22(16-21)29(33,34)35)26-17-27(23-6-2-4-8-25(23)38-26)37-24-7-3-1-5-19(24)13-18-9-11-36-12-10-18/h1-8,14-18,36H,9-13H2,(H,37,38). The second-order valence-corrected chi connectivity index (χ2v) is 9.55. The molecule has 0 bridgehead atoms. The highest BCUT2D eigenvalue weighted by atomic mass is 19.4. The summed E-state index contributed by atoms with van der Waals surface area (Å²) in [5.41, 5.74) is -0.0573. The van der Waals surface area contributed by atoms with Crippen LogP contribution in [0.2, 0.25) is 0 Å². The molecule has 1 aliphatic rings. The zero-order valence-corrected chi connectivity index (χ0v) is 20.3. The highest BCUT2D eigenvalue weighted by Crippen LogP contribution is 2.40. The zero-order chi connectivity index (χ0) is 26.9. The van der Waals surface area contributed by atoms with Gasteiger partial charge in [-0.15, -0.1) is 0 Å². The number of halogens is 6. The quantitative estimate of drug-likeness (QED) is 0.256. The lowest BCUT2D eigenvalue weighted by Crippen LogP contribution is -2.28. The van der Waals surface area contributed by atoms with E-state index in [0.29, 0.717) is 34.6 Å². The first kappa shape index (κ1) is 26.0. The van der Waals surface area contributed by atoms with Crippen LogP contribution in [0.15, 0.2) is 72.8 Å². The van der Waals surface area contributed by atoms with Crippen molar-refractivity contribution in [2.45, 2.75) is 31.6 Å². The summed E-state index contributed by atoms with van der Waals surface area (Å²) in [5.74, 6) is 0.523. The van der Waals surface area contributed by atoms with Crippen molar-refractivity contribution >= 4 is 22.3 Å². The fraction of sp³-hybridized carbons (Fsp3) is 0.276. The number of aromatic nitrogens is 1. The smallest absolute Gasteiger partial charge is 0.355 e. The molecule has 3 aromatic carbocycles. The van der Waals surface area contributed by atoms with E-state index in [0.717, 1.165) is 43.6 Å². The van der Waals surface area contributed by atoms with Crippen LogP contribution in [0.25, 0.3) is 22.2 Å². The molecule has 38 heavy (non-hydrogen) atoms. The third-order valence-corrected chi connectivity index (χ3v) is 6.85. The maximum absolute atomic E-state index is 13.5. The Labute approximate surface area is 215 Å². The van der Waals surface area contributed by atoms with Gasteiger partial charge in [0.2, 0.25) is 0 Å². The van der Waals surface area contributed by atoms with Crippen molar-refractivity contribution in [3.8, 4) is 11.3 Å². The van der Waals surface area contributed by atoms with Gasteiger partial charge in [0, 0.05) is 16.6 Å². The fourth-order valence-electron chi connectivity index (χ4n) is 4.89. The number of fused-ring (bicyclic) bond motifs is 1. The van der Waals surface area contributed by atoms with Gasteiger partial charge in [-0.3, -0.25) is 0 Å². The van der Waals surface area contributed by atoms with E-state index in [-0.39, 0.29) is 17.3 Å². The number of anilines is 2. The molecule has 1 aromatic heterocycles. The van der Waals surface area contributed by atoms with Gasteiger partial charge in [0.25, 0.3) is 0 Å². The van der Waals surface area contributed by atoms with Gasteiger partial charge in [-0.25, -0.2) is 4.98 Å². The summed E-state index contributed by atoms with van der Waals surface area (Å²) < 4.78 is 81.0. The van der Waals surface area contributed by atoms with Crippen molar-refractivity contribution in [3.63, 3.8) is 0 Å². The summed E-state index contributed by atoms with van der Waals surface area (Å²) in [7, 11) is 0. The molecule has 0 atom stereocenters. The first-order valence-electron chi connectivity index (χ1n) is 12.3. The Morgan fingerprint density at radius 3 is 2.08 bits per heavy atom. The number of nitrogens with zero attached hydrogens (tertiary/aromatic N) is 1. The van der Waals surface area contributed by atoms with E-state index >= 15 is 0 Å². The lowest BCUT2D eigenvalue weighted by atomic mass is 9.90. The van der Waals surface area contributed by atoms with Crippen LogP contribution in [0.1, 0.15) is 29.5 Å². The van der Waals surface area contributed by atoms with Crippen LogP contribution in [-0.2, 0) is 18.8 Å². The molecule has 3 nitrogen and oxygen atoms in total. The minimum absolute atomic E-state index is 0.0126. The van der Waals surface area contributed by atoms with Crippen LogP contribution in [0.4, 0.5) is 37.7 Å². The van der Waals surface area contributed by atoms with E-state index in [1.54, 1.807) is 12.1 Å².